The quantitative estimate of drug-likeness (QED) is 0.878. The fraction of sp³-hybridized carbons (Fsp3) is 0.250. The first-order valence-electron chi connectivity index (χ1n) is 6.30. The second kappa shape index (κ2) is 6.41. The molecule has 0 aliphatic carbocycles. The van der Waals surface area contributed by atoms with Gasteiger partial charge in [0.15, 0.2) is 0 Å². The first-order chi connectivity index (χ1) is 9.71. The second-order valence-electron chi connectivity index (χ2n) is 4.37. The number of hydrogen-bond acceptors (Lipinski definition) is 4. The zero-order chi connectivity index (χ0) is 14.5. The fourth-order valence-corrected chi connectivity index (χ4v) is 2.19. The van der Waals surface area contributed by atoms with Crippen molar-refractivity contribution >= 4 is 0 Å². The van der Waals surface area contributed by atoms with E-state index in [0.717, 1.165) is 0 Å². The number of aliphatic hydroxyl groups is 2. The van der Waals surface area contributed by atoms with Crippen molar-refractivity contribution < 1.29 is 19.7 Å². The monoisotopic (exact) mass is 274 g/mol. The van der Waals surface area contributed by atoms with Crippen molar-refractivity contribution in [3.63, 3.8) is 0 Å². The summed E-state index contributed by atoms with van der Waals surface area (Å²) in [4.78, 5) is 0. The highest BCUT2D eigenvalue weighted by Gasteiger charge is 2.19. The Morgan fingerprint density at radius 1 is 1.05 bits per heavy atom. The van der Waals surface area contributed by atoms with E-state index in [4.69, 9.17) is 9.47 Å². The molecule has 2 aromatic carbocycles. The van der Waals surface area contributed by atoms with Crippen molar-refractivity contribution in [1.82, 2.24) is 0 Å². The minimum Gasteiger partial charge on any atom is -0.497 e. The maximum Gasteiger partial charge on any atom is 0.125 e. The molecule has 4 nitrogen and oxygen atoms in total. The van der Waals surface area contributed by atoms with Crippen LogP contribution in [0.15, 0.2) is 42.5 Å². The molecular weight excluding hydrogens is 256 g/mol. The van der Waals surface area contributed by atoms with E-state index >= 15 is 0 Å². The molecule has 20 heavy (non-hydrogen) atoms. The first kappa shape index (κ1) is 14.4. The first-order valence-corrected chi connectivity index (χ1v) is 6.30. The molecule has 2 rings (SSSR count). The maximum absolute atomic E-state index is 10.6. The average molecular weight is 274 g/mol. The zero-order valence-electron chi connectivity index (χ0n) is 11.5. The van der Waals surface area contributed by atoms with Crippen LogP contribution in [0.3, 0.4) is 0 Å². The van der Waals surface area contributed by atoms with Gasteiger partial charge in [0.05, 0.1) is 20.8 Å². The van der Waals surface area contributed by atoms with Gasteiger partial charge in [0.1, 0.15) is 17.6 Å². The molecule has 2 aromatic rings. The minimum atomic E-state index is -0.886. The van der Waals surface area contributed by atoms with Crippen molar-refractivity contribution in [3.8, 4) is 11.5 Å². The SMILES string of the molecule is COc1cccc(C(O)c2c(CO)cccc2OC)c1. The molecule has 0 amide bonds. The molecule has 0 bridgehead atoms. The van der Waals surface area contributed by atoms with Crippen molar-refractivity contribution in [3.05, 3.63) is 59.2 Å². The Morgan fingerprint density at radius 3 is 2.45 bits per heavy atom. The molecule has 0 fully saturated rings. The number of methoxy groups -OCH3 is 2. The van der Waals surface area contributed by atoms with Crippen LogP contribution in [-0.4, -0.2) is 24.4 Å². The van der Waals surface area contributed by atoms with Gasteiger partial charge in [-0.15, -0.1) is 0 Å². The van der Waals surface area contributed by atoms with Crippen LogP contribution >= 0.6 is 0 Å². The summed E-state index contributed by atoms with van der Waals surface area (Å²) in [7, 11) is 3.12. The van der Waals surface area contributed by atoms with E-state index in [1.165, 1.54) is 7.11 Å². The molecular formula is C16H18O4. The number of ether oxygens (including phenoxy) is 2. The van der Waals surface area contributed by atoms with Crippen molar-refractivity contribution in [2.45, 2.75) is 12.7 Å². The molecule has 0 saturated heterocycles. The predicted octanol–water partition coefficient (Wildman–Crippen LogP) is 2.28. The lowest BCUT2D eigenvalue weighted by Gasteiger charge is -2.18. The van der Waals surface area contributed by atoms with Gasteiger partial charge >= 0.3 is 0 Å². The summed E-state index contributed by atoms with van der Waals surface area (Å²) in [5.74, 6) is 1.22. The van der Waals surface area contributed by atoms with Crippen molar-refractivity contribution in [2.75, 3.05) is 14.2 Å². The zero-order valence-corrected chi connectivity index (χ0v) is 11.5. The van der Waals surface area contributed by atoms with Gasteiger partial charge in [-0.2, -0.15) is 0 Å². The van der Waals surface area contributed by atoms with E-state index in [1.807, 2.05) is 12.1 Å². The van der Waals surface area contributed by atoms with Crippen LogP contribution < -0.4 is 9.47 Å². The molecule has 0 spiro atoms. The lowest BCUT2D eigenvalue weighted by molar-refractivity contribution is 0.207. The van der Waals surface area contributed by atoms with E-state index in [1.54, 1.807) is 37.4 Å². The topological polar surface area (TPSA) is 58.9 Å². The van der Waals surface area contributed by atoms with Gasteiger partial charge in [-0.3, -0.25) is 0 Å². The lowest BCUT2D eigenvalue weighted by atomic mass is 9.96. The Morgan fingerprint density at radius 2 is 1.80 bits per heavy atom. The van der Waals surface area contributed by atoms with Crippen LogP contribution in [0.2, 0.25) is 0 Å². The third-order valence-electron chi connectivity index (χ3n) is 3.23. The van der Waals surface area contributed by atoms with E-state index in [2.05, 4.69) is 0 Å². The van der Waals surface area contributed by atoms with Crippen molar-refractivity contribution in [2.24, 2.45) is 0 Å². The summed E-state index contributed by atoms with van der Waals surface area (Å²) in [5.41, 5.74) is 1.90. The largest absolute Gasteiger partial charge is 0.497 e. The molecule has 0 aliphatic heterocycles. The molecule has 0 heterocycles. The third-order valence-corrected chi connectivity index (χ3v) is 3.23. The standard InChI is InChI=1S/C16H18O4/c1-19-13-7-3-5-11(9-13)16(18)15-12(10-17)6-4-8-14(15)20-2/h3-9,16-18H,10H2,1-2H3. The highest BCUT2D eigenvalue weighted by molar-refractivity contribution is 5.46. The molecule has 4 heteroatoms. The summed E-state index contributed by atoms with van der Waals surface area (Å²) in [6.07, 6.45) is -0.886. The predicted molar refractivity (Wildman–Crippen MR) is 76.0 cm³/mol. The number of aliphatic hydroxyl groups excluding tert-OH is 2. The number of rotatable bonds is 5. The van der Waals surface area contributed by atoms with Crippen LogP contribution in [0.4, 0.5) is 0 Å². The maximum atomic E-state index is 10.6. The summed E-state index contributed by atoms with van der Waals surface area (Å²) < 4.78 is 10.4. The Balaban J connectivity index is 2.49. The van der Waals surface area contributed by atoms with E-state index < -0.39 is 6.10 Å². The second-order valence-corrected chi connectivity index (χ2v) is 4.37. The van der Waals surface area contributed by atoms with E-state index in [9.17, 15) is 10.2 Å². The minimum absolute atomic E-state index is 0.159. The Kier molecular flexibility index (Phi) is 4.61. The van der Waals surface area contributed by atoms with Gasteiger partial charge < -0.3 is 19.7 Å². The average Bonchev–Trinajstić information content (AvgIpc) is 2.53. The molecule has 2 N–H and O–H groups in total. The summed E-state index contributed by atoms with van der Waals surface area (Å²) in [6.45, 7) is -0.159. The van der Waals surface area contributed by atoms with Gasteiger partial charge in [-0.05, 0) is 29.3 Å². The van der Waals surface area contributed by atoms with Crippen LogP contribution in [-0.2, 0) is 6.61 Å². The van der Waals surface area contributed by atoms with Crippen molar-refractivity contribution in [1.29, 1.82) is 0 Å². The lowest BCUT2D eigenvalue weighted by Crippen LogP contribution is -2.06. The summed E-state index contributed by atoms with van der Waals surface area (Å²) >= 11 is 0. The molecule has 0 aromatic heterocycles. The Labute approximate surface area is 118 Å². The highest BCUT2D eigenvalue weighted by Crippen LogP contribution is 2.34. The molecule has 0 radical (unpaired) electrons. The van der Waals surface area contributed by atoms with Gasteiger partial charge in [0.25, 0.3) is 0 Å². The van der Waals surface area contributed by atoms with Gasteiger partial charge in [-0.25, -0.2) is 0 Å². The molecule has 0 saturated carbocycles. The molecule has 1 atom stereocenters. The van der Waals surface area contributed by atoms with E-state index in [0.29, 0.717) is 28.2 Å². The smallest absolute Gasteiger partial charge is 0.125 e. The summed E-state index contributed by atoms with van der Waals surface area (Å²) in [5, 5.41) is 20.0. The molecule has 106 valence electrons. The Bertz CT molecular complexity index is 558. The van der Waals surface area contributed by atoms with Gasteiger partial charge in [0, 0.05) is 5.56 Å². The van der Waals surface area contributed by atoms with Crippen LogP contribution in [0.1, 0.15) is 22.8 Å². The van der Waals surface area contributed by atoms with Crippen LogP contribution in [0.25, 0.3) is 0 Å². The molecule has 0 aliphatic rings. The number of hydrogen-bond donors (Lipinski definition) is 2. The van der Waals surface area contributed by atoms with Gasteiger partial charge in [0.2, 0.25) is 0 Å². The van der Waals surface area contributed by atoms with Gasteiger partial charge in [-0.1, -0.05) is 24.3 Å². The highest BCUT2D eigenvalue weighted by atomic mass is 16.5. The normalized spacial score (nSPS) is 12.0. The Hall–Kier alpha value is -2.04. The fourth-order valence-electron chi connectivity index (χ4n) is 2.19. The van der Waals surface area contributed by atoms with E-state index in [-0.39, 0.29) is 6.61 Å². The van der Waals surface area contributed by atoms with Crippen LogP contribution in [0.5, 0.6) is 11.5 Å². The third kappa shape index (κ3) is 2.76. The van der Waals surface area contributed by atoms with Crippen LogP contribution in [0, 0.1) is 0 Å². The number of benzene rings is 2. The molecule has 1 unspecified atom stereocenters. The summed E-state index contributed by atoms with van der Waals surface area (Å²) in [6, 6.07) is 12.5.